The molecule has 0 spiro atoms. The minimum absolute atomic E-state index is 0.422. The van der Waals surface area contributed by atoms with Gasteiger partial charge in [-0.15, -0.1) is 11.3 Å². The van der Waals surface area contributed by atoms with Gasteiger partial charge in [-0.2, -0.15) is 0 Å². The van der Waals surface area contributed by atoms with E-state index in [9.17, 15) is 0 Å². The molecule has 0 saturated carbocycles. The number of aromatic nitrogens is 1. The third-order valence-electron chi connectivity index (χ3n) is 9.28. The molecule has 0 amide bonds. The molecule has 240 valence electrons. The van der Waals surface area contributed by atoms with Gasteiger partial charge in [0.1, 0.15) is 6.67 Å². The van der Waals surface area contributed by atoms with Gasteiger partial charge in [-0.05, 0) is 65.4 Å². The van der Waals surface area contributed by atoms with Crippen LogP contribution < -0.4 is 0 Å². The number of fused-ring (bicyclic) bond motifs is 10. The molecule has 0 N–H and O–H groups in total. The van der Waals surface area contributed by atoms with Gasteiger partial charge in [0.05, 0.1) is 27.1 Å². The van der Waals surface area contributed by atoms with E-state index in [2.05, 4.69) is 157 Å². The Balaban J connectivity index is 1.46. The highest BCUT2D eigenvalue weighted by atomic mass is 32.1. The lowest BCUT2D eigenvalue weighted by atomic mass is 9.97. The van der Waals surface area contributed by atoms with E-state index in [1.54, 1.807) is 0 Å². The molecule has 0 radical (unpaired) electrons. The second-order valence-electron chi connectivity index (χ2n) is 12.2. The minimum atomic E-state index is 0.422. The molecule has 6 aromatic carbocycles. The Hall–Kier alpha value is -6.10. The van der Waals surface area contributed by atoms with Gasteiger partial charge in [0.25, 0.3) is 0 Å². The van der Waals surface area contributed by atoms with Gasteiger partial charge in [-0.25, -0.2) is 0 Å². The van der Waals surface area contributed by atoms with E-state index in [4.69, 9.17) is 4.99 Å². The van der Waals surface area contributed by atoms with Crippen molar-refractivity contribution in [1.29, 1.82) is 0 Å². The summed E-state index contributed by atoms with van der Waals surface area (Å²) in [5, 5.41) is 7.56. The highest BCUT2D eigenvalue weighted by Gasteiger charge is 2.21. The van der Waals surface area contributed by atoms with Gasteiger partial charge in [0, 0.05) is 31.8 Å². The lowest BCUT2D eigenvalue weighted by Crippen LogP contribution is -2.03. The zero-order chi connectivity index (χ0) is 34.0. The Kier molecular flexibility index (Phi) is 8.37. The van der Waals surface area contributed by atoms with Crippen LogP contribution in [0.4, 0.5) is 0 Å². The van der Waals surface area contributed by atoms with Gasteiger partial charge < -0.3 is 4.57 Å². The first-order valence-corrected chi connectivity index (χ1v) is 17.6. The molecule has 2 aromatic heterocycles. The topological polar surface area (TPSA) is 29.6 Å². The van der Waals surface area contributed by atoms with E-state index in [0.717, 1.165) is 39.2 Å². The average molecular weight is 662 g/mol. The molecule has 0 fully saturated rings. The highest BCUT2D eigenvalue weighted by Crippen LogP contribution is 2.47. The Bertz CT molecular complexity index is 2700. The maximum absolute atomic E-state index is 5.39. The van der Waals surface area contributed by atoms with Crippen LogP contribution in [0.5, 0.6) is 0 Å². The number of hydrogen-bond donors (Lipinski definition) is 0. The minimum Gasteiger partial charge on any atom is -0.319 e. The van der Waals surface area contributed by atoms with E-state index in [-0.39, 0.29) is 0 Å². The van der Waals surface area contributed by atoms with Gasteiger partial charge >= 0.3 is 0 Å². The van der Waals surface area contributed by atoms with Crippen molar-refractivity contribution >= 4 is 87.8 Å². The monoisotopic (exact) mass is 661 g/mol. The molecule has 0 aliphatic heterocycles. The molecule has 0 aliphatic carbocycles. The first-order valence-electron chi connectivity index (χ1n) is 16.8. The van der Waals surface area contributed by atoms with E-state index in [1.165, 1.54) is 47.2 Å². The van der Waals surface area contributed by atoms with Crippen molar-refractivity contribution < 1.29 is 0 Å². The Morgan fingerprint density at radius 3 is 2.08 bits per heavy atom. The van der Waals surface area contributed by atoms with Crippen molar-refractivity contribution in [2.45, 2.75) is 13.6 Å². The van der Waals surface area contributed by atoms with Crippen molar-refractivity contribution in [2.75, 3.05) is 0 Å². The fraction of sp³-hybridized carbons (Fsp3) is 0.0435. The molecule has 8 rings (SSSR count). The Labute approximate surface area is 295 Å². The smallest absolute Gasteiger partial charge is 0.115 e. The number of benzene rings is 6. The van der Waals surface area contributed by atoms with Crippen molar-refractivity contribution in [3.8, 4) is 0 Å². The average Bonchev–Trinajstić information content (AvgIpc) is 3.72. The molecule has 3 nitrogen and oxygen atoms in total. The molecule has 50 heavy (non-hydrogen) atoms. The summed E-state index contributed by atoms with van der Waals surface area (Å²) in [7, 11) is 0. The zero-order valence-corrected chi connectivity index (χ0v) is 28.7. The number of aliphatic imine (C=N–C) groups is 2. The summed E-state index contributed by atoms with van der Waals surface area (Å²) in [6, 6.07) is 44.9. The quantitative estimate of drug-likeness (QED) is 0.109. The lowest BCUT2D eigenvalue weighted by molar-refractivity contribution is 0.796. The van der Waals surface area contributed by atoms with Gasteiger partial charge in [0.2, 0.25) is 0 Å². The summed E-state index contributed by atoms with van der Waals surface area (Å²) in [4.78, 5) is 9.82. The second kappa shape index (κ2) is 13.4. The second-order valence-corrected chi connectivity index (χ2v) is 13.2. The molecule has 0 aliphatic rings. The Morgan fingerprint density at radius 2 is 1.38 bits per heavy atom. The summed E-state index contributed by atoms with van der Waals surface area (Å²) in [5.74, 6) is 0. The predicted molar refractivity (Wildman–Crippen MR) is 220 cm³/mol. The van der Waals surface area contributed by atoms with Crippen LogP contribution in [0.3, 0.4) is 0 Å². The molecule has 0 bridgehead atoms. The molecule has 8 aromatic rings. The van der Waals surface area contributed by atoms with Crippen LogP contribution in [0.15, 0.2) is 174 Å². The maximum atomic E-state index is 5.39. The van der Waals surface area contributed by atoms with Crippen LogP contribution in [-0.4, -0.2) is 17.0 Å². The summed E-state index contributed by atoms with van der Waals surface area (Å²) in [6.45, 7) is 10.4. The number of hydrogen-bond acceptors (Lipinski definition) is 3. The number of rotatable bonds is 9. The molecular formula is C46H35N3S. The molecule has 0 atom stereocenters. The molecular weight excluding hydrogens is 627 g/mol. The third-order valence-corrected chi connectivity index (χ3v) is 10.5. The first kappa shape index (κ1) is 31.2. The van der Waals surface area contributed by atoms with Crippen molar-refractivity contribution in [3.63, 3.8) is 0 Å². The van der Waals surface area contributed by atoms with Crippen LogP contribution in [0.25, 0.3) is 64.0 Å². The maximum Gasteiger partial charge on any atom is 0.115 e. The van der Waals surface area contributed by atoms with Crippen molar-refractivity contribution in [3.05, 3.63) is 181 Å². The number of allylic oxidation sites excluding steroid dienone is 6. The molecule has 0 unspecified atom stereocenters. The summed E-state index contributed by atoms with van der Waals surface area (Å²) in [6.07, 6.45) is 10.2. The fourth-order valence-electron chi connectivity index (χ4n) is 7.08. The predicted octanol–water partition coefficient (Wildman–Crippen LogP) is 12.6. The third kappa shape index (κ3) is 5.40. The summed E-state index contributed by atoms with van der Waals surface area (Å²) in [5.41, 5.74) is 8.27. The normalized spacial score (nSPS) is 13.0. The number of thiophene rings is 1. The van der Waals surface area contributed by atoms with Crippen molar-refractivity contribution in [2.24, 2.45) is 9.98 Å². The number of nitrogens with zero attached hydrogens (tertiary/aromatic N) is 3. The van der Waals surface area contributed by atoms with E-state index in [1.807, 2.05) is 41.7 Å². The van der Waals surface area contributed by atoms with Crippen LogP contribution in [0.1, 0.15) is 23.6 Å². The SMILES string of the molecule is C=C/C=C(\C=C/C)c1ccc2c(c1)c1c3ccccc3c3c4ccccc4sc3c1n2C/N=C(\C=C(/N=C)c1ccccc1)c1ccccc1. The molecule has 4 heteroatoms. The van der Waals surface area contributed by atoms with Crippen LogP contribution in [0.2, 0.25) is 0 Å². The van der Waals surface area contributed by atoms with E-state index in [0.29, 0.717) is 6.67 Å². The van der Waals surface area contributed by atoms with Crippen LogP contribution in [-0.2, 0) is 6.67 Å². The van der Waals surface area contributed by atoms with Crippen LogP contribution >= 0.6 is 11.3 Å². The largest absolute Gasteiger partial charge is 0.319 e. The van der Waals surface area contributed by atoms with Gasteiger partial charge in [0.15, 0.2) is 0 Å². The van der Waals surface area contributed by atoms with Gasteiger partial charge in [-0.3, -0.25) is 9.98 Å². The molecule has 2 heterocycles. The zero-order valence-electron chi connectivity index (χ0n) is 27.9. The lowest BCUT2D eigenvalue weighted by Gasteiger charge is -2.10. The van der Waals surface area contributed by atoms with Crippen molar-refractivity contribution in [1.82, 2.24) is 4.57 Å². The molecule has 0 saturated heterocycles. The van der Waals surface area contributed by atoms with Gasteiger partial charge in [-0.1, -0.05) is 140 Å². The fourth-order valence-corrected chi connectivity index (χ4v) is 8.36. The van der Waals surface area contributed by atoms with E-state index >= 15 is 0 Å². The highest BCUT2D eigenvalue weighted by molar-refractivity contribution is 7.27. The Morgan fingerprint density at radius 1 is 0.720 bits per heavy atom. The summed E-state index contributed by atoms with van der Waals surface area (Å²) >= 11 is 1.86. The first-order chi connectivity index (χ1) is 24.7. The summed E-state index contributed by atoms with van der Waals surface area (Å²) < 4.78 is 4.96. The van der Waals surface area contributed by atoms with Crippen LogP contribution in [0, 0.1) is 0 Å². The van der Waals surface area contributed by atoms with E-state index < -0.39 is 0 Å². The standard InChI is InChI=1S/C46H35N3S/c1-4-16-31(17-5-2)34-26-27-41-38(28-34)43-35-22-12-13-23-36(35)44-37-24-14-15-25-42(37)50-46(44)45(43)49(41)30-48-40(33-20-10-7-11-21-33)29-39(47-3)32-18-8-6-9-19-32/h4-29H,1,3,30H2,2H3/b17-5-,31-16+,39-29-,48-40+.